The van der Waals surface area contributed by atoms with E-state index in [4.69, 9.17) is 27.3 Å². The Kier molecular flexibility index (Phi) is 4.54. The van der Waals surface area contributed by atoms with Gasteiger partial charge in [-0.1, -0.05) is 28.9 Å². The van der Waals surface area contributed by atoms with Gasteiger partial charge in [-0.2, -0.15) is 0 Å². The molecule has 0 bridgehead atoms. The number of rotatable bonds is 5. The van der Waals surface area contributed by atoms with Gasteiger partial charge in [0.25, 0.3) is 0 Å². The molecule has 2 rings (SSSR count). The van der Waals surface area contributed by atoms with Crippen molar-refractivity contribution in [1.29, 1.82) is 0 Å². The molecule has 3 N–H and O–H groups in total. The van der Waals surface area contributed by atoms with E-state index in [0.717, 1.165) is 16.9 Å². The van der Waals surface area contributed by atoms with Crippen molar-refractivity contribution in [3.05, 3.63) is 45.9 Å². The van der Waals surface area contributed by atoms with Crippen molar-refractivity contribution in [1.82, 2.24) is 4.98 Å². The average molecular weight is 312 g/mol. The molecule has 20 heavy (non-hydrogen) atoms. The van der Waals surface area contributed by atoms with Gasteiger partial charge in [-0.05, 0) is 17.7 Å². The van der Waals surface area contributed by atoms with Gasteiger partial charge in [0.15, 0.2) is 5.13 Å². The normalized spacial score (nSPS) is 11.3. The highest BCUT2D eigenvalue weighted by Gasteiger charge is 2.16. The number of benzene rings is 1. The fourth-order valence-corrected chi connectivity index (χ4v) is 2.02. The lowest BCUT2D eigenvalue weighted by Crippen LogP contribution is -2.15. The lowest BCUT2D eigenvalue weighted by atomic mass is 10.2. The number of aliphatic carboxylic acids is 1. The first-order chi connectivity index (χ1) is 9.56. The van der Waals surface area contributed by atoms with E-state index in [-0.39, 0.29) is 23.1 Å². The molecule has 104 valence electrons. The first-order valence-electron chi connectivity index (χ1n) is 5.45. The summed E-state index contributed by atoms with van der Waals surface area (Å²) >= 11 is 6.89. The number of nitrogens with zero attached hydrogens (tertiary/aromatic N) is 2. The van der Waals surface area contributed by atoms with Crippen LogP contribution in [0, 0.1) is 0 Å². The second-order valence-corrected chi connectivity index (χ2v) is 5.04. The van der Waals surface area contributed by atoms with Crippen molar-refractivity contribution in [2.45, 2.75) is 6.61 Å². The van der Waals surface area contributed by atoms with Crippen molar-refractivity contribution in [3.8, 4) is 0 Å². The van der Waals surface area contributed by atoms with Crippen molar-refractivity contribution >= 4 is 39.8 Å². The summed E-state index contributed by atoms with van der Waals surface area (Å²) < 4.78 is 0. The maximum atomic E-state index is 11.1. The van der Waals surface area contributed by atoms with Crippen LogP contribution < -0.4 is 5.73 Å². The minimum Gasteiger partial charge on any atom is -0.476 e. The monoisotopic (exact) mass is 311 g/mol. The Morgan fingerprint density at radius 1 is 1.45 bits per heavy atom. The molecule has 0 aliphatic rings. The van der Waals surface area contributed by atoms with E-state index >= 15 is 0 Å². The molecule has 0 atom stereocenters. The minimum absolute atomic E-state index is 0.133. The number of thiazole rings is 1. The van der Waals surface area contributed by atoms with E-state index in [9.17, 15) is 4.79 Å². The van der Waals surface area contributed by atoms with Gasteiger partial charge in [-0.3, -0.25) is 0 Å². The van der Waals surface area contributed by atoms with Crippen molar-refractivity contribution in [2.75, 3.05) is 5.73 Å². The van der Waals surface area contributed by atoms with Crippen LogP contribution >= 0.6 is 22.9 Å². The van der Waals surface area contributed by atoms with Crippen molar-refractivity contribution in [2.24, 2.45) is 5.16 Å². The topological polar surface area (TPSA) is 97.8 Å². The summed E-state index contributed by atoms with van der Waals surface area (Å²) in [6.07, 6.45) is 0. The molecule has 1 aromatic carbocycles. The zero-order valence-electron chi connectivity index (χ0n) is 10.1. The first-order valence-corrected chi connectivity index (χ1v) is 6.71. The molecule has 1 aromatic heterocycles. The third-order valence-corrected chi connectivity index (χ3v) is 3.19. The van der Waals surface area contributed by atoms with Crippen molar-refractivity contribution in [3.63, 3.8) is 0 Å². The summed E-state index contributed by atoms with van der Waals surface area (Å²) in [4.78, 5) is 20.0. The van der Waals surface area contributed by atoms with Crippen LogP contribution in [0.5, 0.6) is 0 Å². The van der Waals surface area contributed by atoms with Crippen LogP contribution in [0.2, 0.25) is 5.02 Å². The summed E-state index contributed by atoms with van der Waals surface area (Å²) in [5.74, 6) is -1.23. The standard InChI is InChI=1S/C12H10ClN3O3S/c13-8-3-1-7(2-4-8)5-19-16-10(11(17)18)9-6-20-12(14)15-9/h1-4,6H,5H2,(H2,14,15)(H,17,18)/b16-10-. The van der Waals surface area contributed by atoms with Gasteiger partial charge < -0.3 is 15.7 Å². The number of aromatic nitrogens is 1. The summed E-state index contributed by atoms with van der Waals surface area (Å²) in [7, 11) is 0. The number of hydrogen-bond acceptors (Lipinski definition) is 6. The second kappa shape index (κ2) is 6.36. The van der Waals surface area contributed by atoms with Gasteiger partial charge in [-0.15, -0.1) is 11.3 Å². The number of carbonyl (C=O) groups is 1. The van der Waals surface area contributed by atoms with Crippen LogP contribution in [-0.4, -0.2) is 21.8 Å². The van der Waals surface area contributed by atoms with Gasteiger partial charge in [0.2, 0.25) is 5.71 Å². The van der Waals surface area contributed by atoms with Gasteiger partial charge in [0, 0.05) is 10.4 Å². The molecule has 0 saturated carbocycles. The molecule has 8 heteroatoms. The summed E-state index contributed by atoms with van der Waals surface area (Å²) in [6.45, 7) is 0.133. The zero-order valence-corrected chi connectivity index (χ0v) is 11.7. The van der Waals surface area contributed by atoms with E-state index in [1.54, 1.807) is 24.3 Å². The summed E-state index contributed by atoms with van der Waals surface area (Å²) in [6, 6.07) is 6.95. The molecule has 2 aromatic rings. The SMILES string of the molecule is Nc1nc(/C(=N/OCc2ccc(Cl)cc2)C(=O)O)cs1. The summed E-state index contributed by atoms with van der Waals surface area (Å²) in [5.41, 5.74) is 6.17. The van der Waals surface area contributed by atoms with Crippen LogP contribution in [0.25, 0.3) is 0 Å². The molecule has 0 radical (unpaired) electrons. The Hall–Kier alpha value is -2.12. The Morgan fingerprint density at radius 3 is 2.70 bits per heavy atom. The summed E-state index contributed by atoms with van der Waals surface area (Å²) in [5, 5.41) is 15.1. The molecule has 0 unspecified atom stereocenters. The van der Waals surface area contributed by atoms with Crippen LogP contribution in [0.4, 0.5) is 5.13 Å². The molecule has 0 fully saturated rings. The van der Waals surface area contributed by atoms with E-state index < -0.39 is 5.97 Å². The molecule has 1 heterocycles. The highest BCUT2D eigenvalue weighted by molar-refractivity contribution is 7.13. The van der Waals surface area contributed by atoms with Crippen LogP contribution in [-0.2, 0) is 16.2 Å². The number of oxime groups is 1. The van der Waals surface area contributed by atoms with Gasteiger partial charge in [0.1, 0.15) is 12.3 Å². The molecular formula is C12H10ClN3O3S. The van der Waals surface area contributed by atoms with Gasteiger partial charge >= 0.3 is 5.97 Å². The quantitative estimate of drug-likeness (QED) is 0.652. The largest absolute Gasteiger partial charge is 0.476 e. The third kappa shape index (κ3) is 3.69. The number of carboxylic acids is 1. The van der Waals surface area contributed by atoms with Crippen molar-refractivity contribution < 1.29 is 14.7 Å². The van der Waals surface area contributed by atoms with Crippen LogP contribution in [0.1, 0.15) is 11.3 Å². The predicted octanol–water partition coefficient (Wildman–Crippen LogP) is 2.38. The highest BCUT2D eigenvalue weighted by atomic mass is 35.5. The second-order valence-electron chi connectivity index (χ2n) is 3.72. The molecule has 0 aliphatic carbocycles. The Bertz CT molecular complexity index is 640. The number of nitrogen functional groups attached to an aromatic ring is 1. The number of nitrogens with two attached hydrogens (primary N) is 1. The number of hydrogen-bond donors (Lipinski definition) is 2. The highest BCUT2D eigenvalue weighted by Crippen LogP contribution is 2.13. The smallest absolute Gasteiger partial charge is 0.360 e. The van der Waals surface area contributed by atoms with Gasteiger partial charge in [-0.25, -0.2) is 9.78 Å². The van der Waals surface area contributed by atoms with E-state index in [1.807, 2.05) is 0 Å². The fourth-order valence-electron chi connectivity index (χ4n) is 1.34. The Balaban J connectivity index is 2.07. The van der Waals surface area contributed by atoms with Crippen LogP contribution in [0.15, 0.2) is 34.8 Å². The first kappa shape index (κ1) is 14.3. The number of anilines is 1. The molecule has 0 aliphatic heterocycles. The molecular weight excluding hydrogens is 302 g/mol. The molecule has 6 nitrogen and oxygen atoms in total. The molecule has 0 spiro atoms. The maximum Gasteiger partial charge on any atom is 0.360 e. The van der Waals surface area contributed by atoms with E-state index in [0.29, 0.717) is 5.02 Å². The zero-order chi connectivity index (χ0) is 14.5. The van der Waals surface area contributed by atoms with Crippen LogP contribution in [0.3, 0.4) is 0 Å². The van der Waals surface area contributed by atoms with E-state index in [1.165, 1.54) is 5.38 Å². The fraction of sp³-hybridized carbons (Fsp3) is 0.0833. The predicted molar refractivity (Wildman–Crippen MR) is 76.9 cm³/mol. The minimum atomic E-state index is -1.23. The average Bonchev–Trinajstić information content (AvgIpc) is 2.82. The Labute approximate surface area is 123 Å². The lowest BCUT2D eigenvalue weighted by molar-refractivity contribution is -0.129. The number of halogens is 1. The molecule has 0 saturated heterocycles. The third-order valence-electron chi connectivity index (χ3n) is 2.27. The Morgan fingerprint density at radius 2 is 2.15 bits per heavy atom. The molecule has 0 amide bonds. The van der Waals surface area contributed by atoms with E-state index in [2.05, 4.69) is 10.1 Å². The number of carboxylic acid groups (broad SMARTS) is 1. The maximum absolute atomic E-state index is 11.1. The van der Waals surface area contributed by atoms with Gasteiger partial charge in [0.05, 0.1) is 0 Å². The lowest BCUT2D eigenvalue weighted by Gasteiger charge is -2.01.